The van der Waals surface area contributed by atoms with Crippen LogP contribution in [-0.4, -0.2) is 23.0 Å². The van der Waals surface area contributed by atoms with Gasteiger partial charge in [-0.2, -0.15) is 0 Å². The number of hydrogen-bond donors (Lipinski definition) is 1. The van der Waals surface area contributed by atoms with Gasteiger partial charge >= 0.3 is 0 Å². The van der Waals surface area contributed by atoms with E-state index in [-0.39, 0.29) is 5.91 Å². The van der Waals surface area contributed by atoms with E-state index in [0.717, 1.165) is 22.7 Å². The minimum absolute atomic E-state index is 0.155. The molecule has 0 bridgehead atoms. The molecule has 0 aliphatic rings. The van der Waals surface area contributed by atoms with Crippen molar-refractivity contribution in [3.8, 4) is 17.0 Å². The summed E-state index contributed by atoms with van der Waals surface area (Å²) in [6.07, 6.45) is 1.51. The molecule has 0 aliphatic carbocycles. The lowest BCUT2D eigenvalue weighted by atomic mass is 10.1. The van der Waals surface area contributed by atoms with Gasteiger partial charge in [-0.3, -0.25) is 4.79 Å². The molecule has 0 radical (unpaired) electrons. The second-order valence-corrected chi connectivity index (χ2v) is 5.17. The Balaban J connectivity index is 1.67. The number of carbonyl (C=O) groups excluding carboxylic acids is 1. The number of amides is 1. The molecule has 1 N–H and O–H groups in total. The Labute approximate surface area is 140 Å². The molecular weight excluding hydrogens is 302 g/mol. The van der Waals surface area contributed by atoms with Gasteiger partial charge in [0, 0.05) is 11.1 Å². The average Bonchev–Trinajstić information content (AvgIpc) is 2.67. The fourth-order valence-electron chi connectivity index (χ4n) is 2.28. The van der Waals surface area contributed by atoms with Gasteiger partial charge in [0.05, 0.1) is 25.0 Å². The summed E-state index contributed by atoms with van der Waals surface area (Å²) in [5.41, 5.74) is 3.18. The topological polar surface area (TPSA) is 64.1 Å². The highest BCUT2D eigenvalue weighted by Gasteiger charge is 2.07. The van der Waals surface area contributed by atoms with Crippen molar-refractivity contribution >= 4 is 5.91 Å². The number of aromatic nitrogens is 2. The predicted molar refractivity (Wildman–Crippen MR) is 91.6 cm³/mol. The van der Waals surface area contributed by atoms with E-state index in [1.54, 1.807) is 31.4 Å². The zero-order chi connectivity index (χ0) is 16.8. The van der Waals surface area contributed by atoms with Gasteiger partial charge in [0.1, 0.15) is 12.1 Å². The summed E-state index contributed by atoms with van der Waals surface area (Å²) in [4.78, 5) is 20.7. The number of hydrogen-bond acceptors (Lipinski definition) is 4. The Morgan fingerprint density at radius 2 is 1.79 bits per heavy atom. The van der Waals surface area contributed by atoms with E-state index in [2.05, 4.69) is 15.3 Å². The Hall–Kier alpha value is -3.21. The lowest BCUT2D eigenvalue weighted by Gasteiger charge is -2.07. The largest absolute Gasteiger partial charge is 0.497 e. The van der Waals surface area contributed by atoms with Crippen LogP contribution in [0.2, 0.25) is 0 Å². The van der Waals surface area contributed by atoms with Gasteiger partial charge in [0.15, 0.2) is 0 Å². The number of methoxy groups -OCH3 is 1. The Kier molecular flexibility index (Phi) is 4.81. The van der Waals surface area contributed by atoms with Crippen molar-refractivity contribution < 1.29 is 9.53 Å². The summed E-state index contributed by atoms with van der Waals surface area (Å²) in [5.74, 6) is 0.562. The van der Waals surface area contributed by atoms with Crippen LogP contribution in [0.1, 0.15) is 16.1 Å². The van der Waals surface area contributed by atoms with Crippen molar-refractivity contribution in [2.45, 2.75) is 6.54 Å². The molecule has 2 aromatic carbocycles. The summed E-state index contributed by atoms with van der Waals surface area (Å²) < 4.78 is 5.08. The lowest BCUT2D eigenvalue weighted by Crippen LogP contribution is -2.23. The molecule has 120 valence electrons. The van der Waals surface area contributed by atoms with Crippen molar-refractivity contribution in [2.75, 3.05) is 7.11 Å². The van der Waals surface area contributed by atoms with Crippen LogP contribution in [0.3, 0.4) is 0 Å². The maximum atomic E-state index is 12.2. The fourth-order valence-corrected chi connectivity index (χ4v) is 2.28. The van der Waals surface area contributed by atoms with Gasteiger partial charge in [-0.1, -0.05) is 30.3 Å². The molecule has 3 aromatic rings. The first-order chi connectivity index (χ1) is 11.8. The zero-order valence-electron chi connectivity index (χ0n) is 13.3. The van der Waals surface area contributed by atoms with Gasteiger partial charge in [0.25, 0.3) is 5.91 Å². The third kappa shape index (κ3) is 3.76. The molecule has 1 heterocycles. The van der Waals surface area contributed by atoms with Crippen molar-refractivity contribution in [1.82, 2.24) is 15.3 Å². The van der Waals surface area contributed by atoms with Crippen molar-refractivity contribution in [3.63, 3.8) is 0 Å². The summed E-state index contributed by atoms with van der Waals surface area (Å²) in [7, 11) is 1.59. The SMILES string of the molecule is COc1ccc(C(=O)NCc2cc(-c3ccccc3)ncn2)cc1. The number of nitrogens with zero attached hydrogens (tertiary/aromatic N) is 2. The highest BCUT2D eigenvalue weighted by atomic mass is 16.5. The molecule has 0 saturated carbocycles. The molecule has 24 heavy (non-hydrogen) atoms. The van der Waals surface area contributed by atoms with E-state index in [1.165, 1.54) is 6.33 Å². The second-order valence-electron chi connectivity index (χ2n) is 5.17. The quantitative estimate of drug-likeness (QED) is 0.785. The third-order valence-corrected chi connectivity index (χ3v) is 3.58. The van der Waals surface area contributed by atoms with E-state index < -0.39 is 0 Å². The molecule has 0 spiro atoms. The summed E-state index contributed by atoms with van der Waals surface area (Å²) in [6, 6.07) is 18.7. The van der Waals surface area contributed by atoms with Crippen LogP contribution in [0.5, 0.6) is 5.75 Å². The lowest BCUT2D eigenvalue weighted by molar-refractivity contribution is 0.0950. The molecule has 0 fully saturated rings. The standard InChI is InChI=1S/C19H17N3O2/c1-24-17-9-7-15(8-10-17)19(23)20-12-16-11-18(22-13-21-16)14-5-3-2-4-6-14/h2-11,13H,12H2,1H3,(H,20,23). The smallest absolute Gasteiger partial charge is 0.251 e. The summed E-state index contributed by atoms with van der Waals surface area (Å²) >= 11 is 0. The Morgan fingerprint density at radius 1 is 1.04 bits per heavy atom. The molecule has 1 amide bonds. The number of ether oxygens (including phenoxy) is 1. The highest BCUT2D eigenvalue weighted by Crippen LogP contribution is 2.16. The number of rotatable bonds is 5. The third-order valence-electron chi connectivity index (χ3n) is 3.58. The van der Waals surface area contributed by atoms with Crippen LogP contribution in [0, 0.1) is 0 Å². The molecule has 1 aromatic heterocycles. The maximum Gasteiger partial charge on any atom is 0.251 e. The van der Waals surface area contributed by atoms with Crippen LogP contribution in [0.15, 0.2) is 67.0 Å². The van der Waals surface area contributed by atoms with E-state index in [1.807, 2.05) is 36.4 Å². The first-order valence-electron chi connectivity index (χ1n) is 7.55. The number of benzene rings is 2. The van der Waals surface area contributed by atoms with E-state index in [9.17, 15) is 4.79 Å². The molecular formula is C19H17N3O2. The zero-order valence-corrected chi connectivity index (χ0v) is 13.3. The number of nitrogens with one attached hydrogen (secondary N) is 1. The van der Waals surface area contributed by atoms with Crippen LogP contribution in [0.4, 0.5) is 0 Å². The summed E-state index contributed by atoms with van der Waals surface area (Å²) in [6.45, 7) is 0.340. The monoisotopic (exact) mass is 319 g/mol. The van der Waals surface area contributed by atoms with E-state index in [4.69, 9.17) is 4.74 Å². The van der Waals surface area contributed by atoms with Crippen LogP contribution < -0.4 is 10.1 Å². The van der Waals surface area contributed by atoms with Crippen molar-refractivity contribution in [1.29, 1.82) is 0 Å². The van der Waals surface area contributed by atoms with Gasteiger partial charge in [0.2, 0.25) is 0 Å². The van der Waals surface area contributed by atoms with Gasteiger partial charge in [-0.05, 0) is 30.3 Å². The molecule has 0 atom stereocenters. The van der Waals surface area contributed by atoms with Crippen molar-refractivity contribution in [2.24, 2.45) is 0 Å². The molecule has 0 saturated heterocycles. The second kappa shape index (κ2) is 7.37. The van der Waals surface area contributed by atoms with Gasteiger partial charge in [-0.15, -0.1) is 0 Å². The summed E-state index contributed by atoms with van der Waals surface area (Å²) in [5, 5.41) is 2.86. The minimum Gasteiger partial charge on any atom is -0.497 e. The van der Waals surface area contributed by atoms with E-state index in [0.29, 0.717) is 12.1 Å². The Bertz CT molecular complexity index is 818. The first-order valence-corrected chi connectivity index (χ1v) is 7.55. The first kappa shape index (κ1) is 15.7. The Morgan fingerprint density at radius 3 is 2.50 bits per heavy atom. The fraction of sp³-hybridized carbons (Fsp3) is 0.105. The van der Waals surface area contributed by atoms with Crippen LogP contribution in [-0.2, 0) is 6.54 Å². The normalized spacial score (nSPS) is 10.2. The number of carbonyl (C=O) groups is 1. The maximum absolute atomic E-state index is 12.2. The predicted octanol–water partition coefficient (Wildman–Crippen LogP) is 3.08. The van der Waals surface area contributed by atoms with Gasteiger partial charge < -0.3 is 10.1 Å². The highest BCUT2D eigenvalue weighted by molar-refractivity contribution is 5.94. The van der Waals surface area contributed by atoms with E-state index >= 15 is 0 Å². The van der Waals surface area contributed by atoms with Crippen molar-refractivity contribution in [3.05, 3.63) is 78.2 Å². The average molecular weight is 319 g/mol. The molecule has 5 heteroatoms. The van der Waals surface area contributed by atoms with Gasteiger partial charge in [-0.25, -0.2) is 9.97 Å². The molecule has 0 aliphatic heterocycles. The molecule has 5 nitrogen and oxygen atoms in total. The minimum atomic E-state index is -0.155. The molecule has 3 rings (SSSR count). The van der Waals surface area contributed by atoms with Crippen LogP contribution >= 0.6 is 0 Å². The van der Waals surface area contributed by atoms with Crippen LogP contribution in [0.25, 0.3) is 11.3 Å². The molecule has 0 unspecified atom stereocenters.